The Morgan fingerprint density at radius 3 is 2.41 bits per heavy atom. The molecule has 3 N–H and O–H groups in total. The number of nitrogens with two attached hydrogens (primary N) is 1. The van der Waals surface area contributed by atoms with E-state index >= 15 is 0 Å². The Hall–Kier alpha value is -1.26. The van der Waals surface area contributed by atoms with Crippen molar-refractivity contribution in [3.05, 3.63) is 24.3 Å². The zero-order valence-corrected chi connectivity index (χ0v) is 10.4. The maximum Gasteiger partial charge on any atom is 0.137 e. The summed E-state index contributed by atoms with van der Waals surface area (Å²) in [6, 6.07) is 7.77. The van der Waals surface area contributed by atoms with Gasteiger partial charge in [0.15, 0.2) is 0 Å². The van der Waals surface area contributed by atoms with Gasteiger partial charge < -0.3 is 19.7 Å². The van der Waals surface area contributed by atoms with Crippen LogP contribution in [0.2, 0.25) is 0 Å². The highest BCUT2D eigenvalue weighted by atomic mass is 16.5. The van der Waals surface area contributed by atoms with Gasteiger partial charge in [-0.25, -0.2) is 0 Å². The lowest BCUT2D eigenvalue weighted by Gasteiger charge is -2.22. The van der Waals surface area contributed by atoms with Gasteiger partial charge in [0.05, 0.1) is 7.11 Å². The molecule has 1 aromatic carbocycles. The normalized spacial score (nSPS) is 16.8. The lowest BCUT2D eigenvalue weighted by Crippen LogP contribution is -3.20. The molecule has 0 amide bonds. The van der Waals surface area contributed by atoms with Gasteiger partial charge in [-0.05, 0) is 24.3 Å². The Bertz CT molecular complexity index is 321. The second-order valence-electron chi connectivity index (χ2n) is 4.39. The molecule has 0 saturated carbocycles. The van der Waals surface area contributed by atoms with Crippen molar-refractivity contribution in [3.8, 4) is 11.5 Å². The molecule has 4 nitrogen and oxygen atoms in total. The molecule has 1 fully saturated rings. The predicted molar refractivity (Wildman–Crippen MR) is 65.7 cm³/mol. The van der Waals surface area contributed by atoms with Crippen molar-refractivity contribution in [2.45, 2.75) is 0 Å². The SMILES string of the molecule is COc1ccc(OCC[NH+]2CC[NH2+]CC2)cc1. The van der Waals surface area contributed by atoms with E-state index in [0.717, 1.165) is 24.7 Å². The maximum absolute atomic E-state index is 5.72. The highest BCUT2D eigenvalue weighted by molar-refractivity contribution is 5.31. The molecule has 0 atom stereocenters. The summed E-state index contributed by atoms with van der Waals surface area (Å²) in [5.74, 6) is 1.79. The lowest BCUT2D eigenvalue weighted by molar-refractivity contribution is -0.946. The van der Waals surface area contributed by atoms with E-state index < -0.39 is 0 Å². The standard InChI is InChI=1S/C13H20N2O2/c1-16-12-2-4-13(5-3-12)17-11-10-15-8-6-14-7-9-15/h2-5,14H,6-11H2,1H3/p+2. The number of nitrogens with one attached hydrogen (secondary N) is 1. The molecule has 1 aromatic rings. The largest absolute Gasteiger partial charge is 0.497 e. The van der Waals surface area contributed by atoms with Gasteiger partial charge >= 0.3 is 0 Å². The zero-order valence-electron chi connectivity index (χ0n) is 10.4. The number of hydrogen-bond donors (Lipinski definition) is 2. The molecule has 4 heteroatoms. The Morgan fingerprint density at radius 1 is 1.12 bits per heavy atom. The molecule has 17 heavy (non-hydrogen) atoms. The lowest BCUT2D eigenvalue weighted by atomic mass is 10.3. The molecule has 1 aliphatic rings. The average molecular weight is 238 g/mol. The summed E-state index contributed by atoms with van der Waals surface area (Å²) in [5, 5.41) is 2.38. The molecule has 0 aromatic heterocycles. The first kappa shape index (κ1) is 12.2. The number of quaternary nitrogens is 2. The topological polar surface area (TPSA) is 39.5 Å². The van der Waals surface area contributed by atoms with E-state index in [4.69, 9.17) is 9.47 Å². The maximum atomic E-state index is 5.72. The highest BCUT2D eigenvalue weighted by Gasteiger charge is 2.14. The van der Waals surface area contributed by atoms with E-state index in [1.807, 2.05) is 24.3 Å². The van der Waals surface area contributed by atoms with Crippen LogP contribution in [0, 0.1) is 0 Å². The van der Waals surface area contributed by atoms with E-state index in [1.165, 1.54) is 26.2 Å². The van der Waals surface area contributed by atoms with Crippen LogP contribution in [0.1, 0.15) is 0 Å². The van der Waals surface area contributed by atoms with Crippen LogP contribution in [0.3, 0.4) is 0 Å². The summed E-state index contributed by atoms with van der Waals surface area (Å²) in [7, 11) is 1.67. The highest BCUT2D eigenvalue weighted by Crippen LogP contribution is 2.16. The van der Waals surface area contributed by atoms with E-state index in [2.05, 4.69) is 5.32 Å². The van der Waals surface area contributed by atoms with Crippen molar-refractivity contribution in [2.75, 3.05) is 46.4 Å². The summed E-state index contributed by atoms with van der Waals surface area (Å²) >= 11 is 0. The van der Waals surface area contributed by atoms with Crippen LogP contribution in [0.15, 0.2) is 24.3 Å². The molecule has 1 heterocycles. The summed E-state index contributed by atoms with van der Waals surface area (Å²) in [6.07, 6.45) is 0. The first-order chi connectivity index (χ1) is 8.38. The van der Waals surface area contributed by atoms with Crippen LogP contribution in [0.5, 0.6) is 11.5 Å². The van der Waals surface area contributed by atoms with Gasteiger partial charge in [-0.15, -0.1) is 0 Å². The molecule has 1 aliphatic heterocycles. The Kier molecular flexibility index (Phi) is 4.64. The monoisotopic (exact) mass is 238 g/mol. The Balaban J connectivity index is 1.69. The molecule has 0 bridgehead atoms. The van der Waals surface area contributed by atoms with Gasteiger partial charge in [-0.2, -0.15) is 0 Å². The van der Waals surface area contributed by atoms with Crippen LogP contribution in [-0.4, -0.2) is 46.4 Å². The minimum atomic E-state index is 0.793. The Labute approximate surface area is 103 Å². The minimum absolute atomic E-state index is 0.793. The number of ether oxygens (including phenoxy) is 2. The molecule has 94 valence electrons. The van der Waals surface area contributed by atoms with Crippen LogP contribution in [-0.2, 0) is 0 Å². The van der Waals surface area contributed by atoms with Crippen LogP contribution in [0.4, 0.5) is 0 Å². The number of methoxy groups -OCH3 is 1. The van der Waals surface area contributed by atoms with Crippen molar-refractivity contribution in [1.82, 2.24) is 0 Å². The smallest absolute Gasteiger partial charge is 0.137 e. The van der Waals surface area contributed by atoms with Gasteiger partial charge in [-0.1, -0.05) is 0 Å². The summed E-state index contributed by atoms with van der Waals surface area (Å²) < 4.78 is 10.8. The summed E-state index contributed by atoms with van der Waals surface area (Å²) in [5.41, 5.74) is 0. The van der Waals surface area contributed by atoms with Crippen molar-refractivity contribution < 1.29 is 19.7 Å². The average Bonchev–Trinajstić information content (AvgIpc) is 2.41. The molecule has 2 rings (SSSR count). The van der Waals surface area contributed by atoms with Crippen molar-refractivity contribution in [3.63, 3.8) is 0 Å². The van der Waals surface area contributed by atoms with Gasteiger partial charge in [0.1, 0.15) is 50.8 Å². The fraction of sp³-hybridized carbons (Fsp3) is 0.538. The number of benzene rings is 1. The summed E-state index contributed by atoms with van der Waals surface area (Å²) in [4.78, 5) is 1.65. The fourth-order valence-electron chi connectivity index (χ4n) is 2.12. The van der Waals surface area contributed by atoms with E-state index in [9.17, 15) is 0 Å². The van der Waals surface area contributed by atoms with Crippen LogP contribution >= 0.6 is 0 Å². The molecule has 0 aliphatic carbocycles. The van der Waals surface area contributed by atoms with Gasteiger partial charge in [0.25, 0.3) is 0 Å². The third-order valence-corrected chi connectivity index (χ3v) is 3.19. The first-order valence-corrected chi connectivity index (χ1v) is 6.30. The summed E-state index contributed by atoms with van der Waals surface area (Å²) in [6.45, 7) is 6.90. The minimum Gasteiger partial charge on any atom is -0.497 e. The molecular formula is C13H22N2O2+2. The molecule has 0 radical (unpaired) electrons. The number of hydrogen-bond acceptors (Lipinski definition) is 2. The number of rotatable bonds is 5. The second kappa shape index (κ2) is 6.47. The third-order valence-electron chi connectivity index (χ3n) is 3.19. The van der Waals surface area contributed by atoms with Crippen molar-refractivity contribution in [1.29, 1.82) is 0 Å². The Morgan fingerprint density at radius 2 is 1.76 bits per heavy atom. The van der Waals surface area contributed by atoms with E-state index in [0.29, 0.717) is 0 Å². The number of piperazine rings is 1. The zero-order chi connectivity index (χ0) is 11.9. The third kappa shape index (κ3) is 3.91. The van der Waals surface area contributed by atoms with Crippen molar-refractivity contribution >= 4 is 0 Å². The predicted octanol–water partition coefficient (Wildman–Crippen LogP) is -1.46. The van der Waals surface area contributed by atoms with Crippen LogP contribution < -0.4 is 19.7 Å². The first-order valence-electron chi connectivity index (χ1n) is 6.30. The fourth-order valence-corrected chi connectivity index (χ4v) is 2.12. The molecule has 1 saturated heterocycles. The van der Waals surface area contributed by atoms with Crippen LogP contribution in [0.25, 0.3) is 0 Å². The molecule has 0 unspecified atom stereocenters. The van der Waals surface area contributed by atoms with Gasteiger partial charge in [0.2, 0.25) is 0 Å². The van der Waals surface area contributed by atoms with Gasteiger partial charge in [-0.3, -0.25) is 0 Å². The van der Waals surface area contributed by atoms with E-state index in [1.54, 1.807) is 12.0 Å². The van der Waals surface area contributed by atoms with E-state index in [-0.39, 0.29) is 0 Å². The molecular weight excluding hydrogens is 216 g/mol. The second-order valence-corrected chi connectivity index (χ2v) is 4.39. The molecule has 0 spiro atoms. The van der Waals surface area contributed by atoms with Crippen molar-refractivity contribution in [2.24, 2.45) is 0 Å². The van der Waals surface area contributed by atoms with Gasteiger partial charge in [0, 0.05) is 0 Å². The quantitative estimate of drug-likeness (QED) is 0.658.